The summed E-state index contributed by atoms with van der Waals surface area (Å²) in [6, 6.07) is 9.17. The van der Waals surface area contributed by atoms with Crippen LogP contribution in [0, 0.1) is 68.3 Å². The van der Waals surface area contributed by atoms with Crippen molar-refractivity contribution in [2.24, 2.45) is 17.3 Å². The van der Waals surface area contributed by atoms with Crippen LogP contribution in [0.25, 0.3) is 0 Å². The first-order chi connectivity index (χ1) is 13.4. The minimum absolute atomic E-state index is 0.347. The number of quaternary nitrogens is 1. The molecule has 1 aliphatic carbocycles. The maximum Gasteiger partial charge on any atom is 0.190 e. The van der Waals surface area contributed by atoms with E-state index < -0.39 is 40.5 Å². The van der Waals surface area contributed by atoms with E-state index in [1.807, 2.05) is 31.2 Å². The van der Waals surface area contributed by atoms with E-state index in [1.54, 1.807) is 0 Å². The Labute approximate surface area is 162 Å². The third kappa shape index (κ3) is 2.78. The molecule has 0 radical (unpaired) electrons. The van der Waals surface area contributed by atoms with Gasteiger partial charge in [0.15, 0.2) is 5.41 Å². The normalized spacial score (nSPS) is 28.3. The van der Waals surface area contributed by atoms with Crippen LogP contribution in [0.4, 0.5) is 8.78 Å². The summed E-state index contributed by atoms with van der Waals surface area (Å²) in [6.45, 7) is 3.95. The lowest BCUT2D eigenvalue weighted by atomic mass is 9.54. The molecule has 2 unspecified atom stereocenters. The largest absolute Gasteiger partial charge is 0.331 e. The van der Waals surface area contributed by atoms with Gasteiger partial charge in [-0.05, 0) is 30.2 Å². The monoisotopic (exact) mass is 380 g/mol. The first kappa shape index (κ1) is 19.7. The van der Waals surface area contributed by atoms with Crippen LogP contribution >= 0.6 is 0 Å². The van der Waals surface area contributed by atoms with Gasteiger partial charge in [-0.2, -0.15) is 15.8 Å². The van der Waals surface area contributed by atoms with Crippen LogP contribution in [-0.2, 0) is 0 Å². The molecular formula is C21H20F2N5+. The second kappa shape index (κ2) is 7.50. The van der Waals surface area contributed by atoms with Crippen LogP contribution in [0.1, 0.15) is 24.8 Å². The summed E-state index contributed by atoms with van der Waals surface area (Å²) in [6.07, 6.45) is 2.76. The lowest BCUT2D eigenvalue weighted by molar-refractivity contribution is -0.899. The number of benzene rings is 1. The van der Waals surface area contributed by atoms with Gasteiger partial charge in [-0.3, -0.25) is 0 Å². The van der Waals surface area contributed by atoms with Crippen molar-refractivity contribution in [3.05, 3.63) is 47.0 Å². The van der Waals surface area contributed by atoms with E-state index in [9.17, 15) is 24.6 Å². The molecule has 3 rings (SSSR count). The van der Waals surface area contributed by atoms with E-state index in [1.165, 1.54) is 6.07 Å². The van der Waals surface area contributed by atoms with Crippen molar-refractivity contribution in [3.63, 3.8) is 0 Å². The number of hydrogen-bond acceptors (Lipinski definition) is 4. The van der Waals surface area contributed by atoms with E-state index in [0.717, 1.165) is 30.0 Å². The van der Waals surface area contributed by atoms with E-state index in [4.69, 9.17) is 5.41 Å². The van der Waals surface area contributed by atoms with E-state index in [0.29, 0.717) is 18.7 Å². The van der Waals surface area contributed by atoms with Gasteiger partial charge in [0.05, 0.1) is 43.6 Å². The fourth-order valence-electron chi connectivity index (χ4n) is 4.64. The topological polar surface area (TPSA) is 99.7 Å². The van der Waals surface area contributed by atoms with Crippen molar-refractivity contribution in [3.8, 4) is 18.2 Å². The molecule has 5 nitrogen and oxygen atoms in total. The number of rotatable bonds is 3. The maximum atomic E-state index is 14.7. The van der Waals surface area contributed by atoms with Crippen LogP contribution in [0.5, 0.6) is 0 Å². The van der Waals surface area contributed by atoms with Crippen LogP contribution in [0.2, 0.25) is 0 Å². The summed E-state index contributed by atoms with van der Waals surface area (Å²) < 4.78 is 29.5. The highest BCUT2D eigenvalue weighted by atomic mass is 19.1. The molecule has 0 aromatic heterocycles. The molecule has 0 amide bonds. The number of halogens is 2. The summed E-state index contributed by atoms with van der Waals surface area (Å²) in [7, 11) is 0. The molecule has 1 aromatic carbocycles. The zero-order chi connectivity index (χ0) is 20.5. The van der Waals surface area contributed by atoms with Crippen molar-refractivity contribution in [2.75, 3.05) is 19.6 Å². The van der Waals surface area contributed by atoms with E-state index in [2.05, 4.69) is 0 Å². The van der Waals surface area contributed by atoms with Gasteiger partial charge >= 0.3 is 0 Å². The SMILES string of the molecule is CCC[NH+]1CC=C2C(C#N)C(=N)C(C#N)(C#N)[C@@H](c3c(F)cccc3F)[C@@H]2C1. The summed E-state index contributed by atoms with van der Waals surface area (Å²) >= 11 is 0. The van der Waals surface area contributed by atoms with E-state index >= 15 is 0 Å². The average molecular weight is 380 g/mol. The molecular weight excluding hydrogens is 360 g/mol. The van der Waals surface area contributed by atoms with Crippen LogP contribution < -0.4 is 4.90 Å². The Kier molecular flexibility index (Phi) is 5.27. The van der Waals surface area contributed by atoms with Gasteiger partial charge < -0.3 is 10.3 Å². The summed E-state index contributed by atoms with van der Waals surface area (Å²) in [4.78, 5) is 1.16. The molecule has 1 aromatic rings. The Morgan fingerprint density at radius 1 is 1.21 bits per heavy atom. The Bertz CT molecular complexity index is 928. The average Bonchev–Trinajstić information content (AvgIpc) is 2.69. The molecule has 1 aliphatic heterocycles. The molecule has 0 saturated heterocycles. The minimum Gasteiger partial charge on any atom is -0.331 e. The predicted molar refractivity (Wildman–Crippen MR) is 97.0 cm³/mol. The molecule has 0 spiro atoms. The Morgan fingerprint density at radius 3 is 2.39 bits per heavy atom. The van der Waals surface area contributed by atoms with Crippen molar-refractivity contribution in [1.82, 2.24) is 0 Å². The first-order valence-corrected chi connectivity index (χ1v) is 9.23. The quantitative estimate of drug-likeness (QED) is 0.786. The zero-order valence-corrected chi connectivity index (χ0v) is 15.5. The van der Waals surface area contributed by atoms with Crippen molar-refractivity contribution >= 4 is 5.71 Å². The smallest absolute Gasteiger partial charge is 0.190 e. The summed E-state index contributed by atoms with van der Waals surface area (Å²) in [5.74, 6) is -4.47. The molecule has 4 atom stereocenters. The predicted octanol–water partition coefficient (Wildman–Crippen LogP) is 2.11. The lowest BCUT2D eigenvalue weighted by Crippen LogP contribution is -3.13. The number of nitriles is 3. The molecule has 2 aliphatic rings. The second-order valence-corrected chi connectivity index (χ2v) is 7.34. The fourth-order valence-corrected chi connectivity index (χ4v) is 4.64. The highest BCUT2D eigenvalue weighted by Crippen LogP contribution is 2.53. The molecule has 0 bridgehead atoms. The molecule has 1 fully saturated rings. The fraction of sp³-hybridized carbons (Fsp3) is 0.429. The number of fused-ring (bicyclic) bond motifs is 1. The highest BCUT2D eigenvalue weighted by Gasteiger charge is 2.59. The molecule has 1 heterocycles. The summed E-state index contributed by atoms with van der Waals surface area (Å²) in [5, 5.41) is 37.9. The minimum atomic E-state index is -2.10. The number of hydrogen-bond donors (Lipinski definition) is 2. The molecule has 28 heavy (non-hydrogen) atoms. The molecule has 1 saturated carbocycles. The highest BCUT2D eigenvalue weighted by molar-refractivity contribution is 6.00. The second-order valence-electron chi connectivity index (χ2n) is 7.34. The third-order valence-electron chi connectivity index (χ3n) is 5.87. The zero-order valence-electron chi connectivity index (χ0n) is 15.5. The number of nitrogens with zero attached hydrogens (tertiary/aromatic N) is 3. The van der Waals surface area contributed by atoms with Gasteiger partial charge in [-0.1, -0.05) is 13.0 Å². The summed E-state index contributed by atoms with van der Waals surface area (Å²) in [5.41, 5.74) is -2.24. The van der Waals surface area contributed by atoms with Crippen LogP contribution in [0.3, 0.4) is 0 Å². The number of nitrogens with one attached hydrogen (secondary N) is 2. The van der Waals surface area contributed by atoms with Gasteiger partial charge in [0, 0.05) is 17.4 Å². The van der Waals surface area contributed by atoms with Gasteiger partial charge in [-0.25, -0.2) is 8.78 Å². The Hall–Kier alpha value is -3.08. The van der Waals surface area contributed by atoms with Gasteiger partial charge in [-0.15, -0.1) is 0 Å². The standard InChI is InChI=1S/C21H19F2N5/c1-2-7-28-8-6-13-14(9-24)20(27)21(11-25,12-26)19(15(13)10-28)18-16(22)4-3-5-17(18)23/h3-6,14-15,19,27H,2,7-8,10H2,1H3/p+1/t14?,15-,19-/m1/s1. The van der Waals surface area contributed by atoms with Gasteiger partial charge in [0.1, 0.15) is 17.6 Å². The van der Waals surface area contributed by atoms with Crippen LogP contribution in [-0.4, -0.2) is 25.3 Å². The molecule has 2 N–H and O–H groups in total. The van der Waals surface area contributed by atoms with Crippen molar-refractivity contribution in [1.29, 1.82) is 21.2 Å². The van der Waals surface area contributed by atoms with Gasteiger partial charge in [0.25, 0.3) is 0 Å². The third-order valence-corrected chi connectivity index (χ3v) is 5.87. The molecule has 142 valence electrons. The van der Waals surface area contributed by atoms with Gasteiger partial charge in [0.2, 0.25) is 0 Å². The van der Waals surface area contributed by atoms with Crippen molar-refractivity contribution in [2.45, 2.75) is 19.3 Å². The van der Waals surface area contributed by atoms with Crippen molar-refractivity contribution < 1.29 is 13.7 Å². The molecule has 7 heteroatoms. The Balaban J connectivity index is 2.29. The first-order valence-electron chi connectivity index (χ1n) is 9.23. The Morgan fingerprint density at radius 2 is 1.86 bits per heavy atom. The maximum absolute atomic E-state index is 14.7. The van der Waals surface area contributed by atoms with E-state index in [-0.39, 0.29) is 5.56 Å². The van der Waals surface area contributed by atoms with Crippen LogP contribution in [0.15, 0.2) is 29.8 Å². The lowest BCUT2D eigenvalue weighted by Gasteiger charge is -2.46.